The first kappa shape index (κ1) is 27.8. The Hall–Kier alpha value is -4.39. The van der Waals surface area contributed by atoms with E-state index in [-0.39, 0.29) is 24.0 Å². The number of nitrogens with zero attached hydrogens (tertiary/aromatic N) is 6. The van der Waals surface area contributed by atoms with Crippen LogP contribution in [0.5, 0.6) is 0 Å². The van der Waals surface area contributed by atoms with Crippen LogP contribution in [0.2, 0.25) is 0 Å². The van der Waals surface area contributed by atoms with Crippen LogP contribution < -0.4 is 5.69 Å². The van der Waals surface area contributed by atoms with Crippen molar-refractivity contribution in [3.63, 3.8) is 0 Å². The lowest BCUT2D eigenvalue weighted by Crippen LogP contribution is -2.42. The summed E-state index contributed by atoms with van der Waals surface area (Å²) in [6.45, 7) is 5.26. The van der Waals surface area contributed by atoms with Crippen molar-refractivity contribution in [3.05, 3.63) is 93.5 Å². The van der Waals surface area contributed by atoms with Crippen molar-refractivity contribution in [2.24, 2.45) is 0 Å². The summed E-state index contributed by atoms with van der Waals surface area (Å²) < 4.78 is 57.8. The van der Waals surface area contributed by atoms with E-state index in [1.807, 2.05) is 18.7 Å². The molecule has 5 aromatic rings. The summed E-state index contributed by atoms with van der Waals surface area (Å²) in [7, 11) is 0. The van der Waals surface area contributed by atoms with Gasteiger partial charge in [0.1, 0.15) is 22.0 Å². The molecule has 1 saturated heterocycles. The number of imidazole rings is 1. The maximum absolute atomic E-state index is 14.6. The summed E-state index contributed by atoms with van der Waals surface area (Å²) in [6, 6.07) is 12.4. The highest BCUT2D eigenvalue weighted by atomic mass is 32.1. The van der Waals surface area contributed by atoms with Gasteiger partial charge in [-0.1, -0.05) is 50.3 Å². The Bertz CT molecular complexity index is 1870. The van der Waals surface area contributed by atoms with Gasteiger partial charge in [-0.2, -0.15) is 18.3 Å². The maximum Gasteiger partial charge on any atom is 0.435 e. The average Bonchev–Trinajstić information content (AvgIpc) is 3.49. The fourth-order valence-electron chi connectivity index (χ4n) is 5.02. The monoisotopic (exact) mass is 595 g/mol. The largest absolute Gasteiger partial charge is 0.435 e. The predicted molar refractivity (Wildman–Crippen MR) is 153 cm³/mol. The molecule has 1 aliphatic rings. The molecule has 1 fully saturated rings. The van der Waals surface area contributed by atoms with Crippen molar-refractivity contribution in [1.82, 2.24) is 34.2 Å². The molecule has 216 valence electrons. The first-order valence-electron chi connectivity index (χ1n) is 13.3. The number of hydrogen-bond acceptors (Lipinski definition) is 5. The highest BCUT2D eigenvalue weighted by molar-refractivity contribution is 7.80. The van der Waals surface area contributed by atoms with Crippen LogP contribution in [0.3, 0.4) is 0 Å². The second-order valence-corrected chi connectivity index (χ2v) is 10.8. The van der Waals surface area contributed by atoms with E-state index in [9.17, 15) is 22.4 Å². The number of hydrogen-bond donors (Lipinski definition) is 1. The molecule has 0 aliphatic carbocycles. The van der Waals surface area contributed by atoms with Crippen molar-refractivity contribution < 1.29 is 17.6 Å². The first-order chi connectivity index (χ1) is 20.0. The van der Waals surface area contributed by atoms with Gasteiger partial charge in [0.2, 0.25) is 0 Å². The van der Waals surface area contributed by atoms with E-state index in [1.54, 1.807) is 36.4 Å². The molecule has 3 aromatic heterocycles. The summed E-state index contributed by atoms with van der Waals surface area (Å²) in [4.78, 5) is 26.7. The van der Waals surface area contributed by atoms with E-state index in [2.05, 4.69) is 20.1 Å². The minimum absolute atomic E-state index is 0.116. The Balaban J connectivity index is 1.34. The number of thiocarbonyl (C=S) groups is 1. The maximum atomic E-state index is 14.6. The quantitative estimate of drug-likeness (QED) is 0.201. The summed E-state index contributed by atoms with van der Waals surface area (Å²) in [5.41, 5.74) is 1.65. The number of likely N-dealkylation sites (tertiary alicyclic amines) is 1. The Labute approximate surface area is 242 Å². The lowest BCUT2D eigenvalue weighted by atomic mass is 9.96. The highest BCUT2D eigenvalue weighted by Crippen LogP contribution is 2.32. The lowest BCUT2D eigenvalue weighted by Gasteiger charge is -2.33. The van der Waals surface area contributed by atoms with Crippen LogP contribution >= 0.6 is 12.2 Å². The molecule has 1 aliphatic heterocycles. The Morgan fingerprint density at radius 2 is 1.86 bits per heavy atom. The molecule has 8 nitrogen and oxygen atoms in total. The van der Waals surface area contributed by atoms with Crippen molar-refractivity contribution >= 4 is 28.4 Å². The van der Waals surface area contributed by atoms with Gasteiger partial charge < -0.3 is 9.88 Å². The molecule has 0 saturated carbocycles. The Morgan fingerprint density at radius 1 is 1.12 bits per heavy atom. The van der Waals surface area contributed by atoms with Crippen molar-refractivity contribution in [1.29, 1.82) is 0 Å². The Morgan fingerprint density at radius 3 is 2.50 bits per heavy atom. The lowest BCUT2D eigenvalue weighted by molar-refractivity contribution is -0.141. The molecule has 42 heavy (non-hydrogen) atoms. The number of alkyl halides is 3. The molecule has 13 heteroatoms. The molecule has 1 N–H and O–H groups in total. The van der Waals surface area contributed by atoms with Crippen LogP contribution in [-0.4, -0.2) is 52.3 Å². The van der Waals surface area contributed by atoms with Crippen LogP contribution in [0.25, 0.3) is 28.2 Å². The number of halogens is 4. The number of rotatable bonds is 6. The molecule has 6 rings (SSSR count). The molecule has 0 bridgehead atoms. The second kappa shape index (κ2) is 10.5. The molecular weight excluding hydrogens is 570 g/mol. The average molecular weight is 596 g/mol. The number of H-pyrrole nitrogens is 1. The first-order valence-corrected chi connectivity index (χ1v) is 13.7. The van der Waals surface area contributed by atoms with Gasteiger partial charge in [-0.05, 0) is 42.2 Å². The van der Waals surface area contributed by atoms with Gasteiger partial charge in [0.05, 0.1) is 18.4 Å². The molecule has 4 heterocycles. The molecule has 0 radical (unpaired) electrons. The fourth-order valence-corrected chi connectivity index (χ4v) is 5.34. The summed E-state index contributed by atoms with van der Waals surface area (Å²) in [5, 5.41) is 3.81. The topological polar surface area (TPSA) is 84.6 Å². The summed E-state index contributed by atoms with van der Waals surface area (Å²) in [6.07, 6.45) is -2.20. The summed E-state index contributed by atoms with van der Waals surface area (Å²) >= 11 is 5.48. The SMILES string of the molecule is CC(C)c1c(F)cccc1-c1ncc2[nH]c(=O)n(Cc3ccc(-n4nc(C(F)(F)F)cc4C(=S)N4CCC4)cc3)c2n1. The molecule has 0 amide bonds. The molecule has 2 aromatic carbocycles. The number of aromatic nitrogens is 6. The van der Waals surface area contributed by atoms with Gasteiger partial charge >= 0.3 is 11.9 Å². The van der Waals surface area contributed by atoms with Crippen LogP contribution in [0.4, 0.5) is 17.6 Å². The van der Waals surface area contributed by atoms with Crippen molar-refractivity contribution in [2.75, 3.05) is 13.1 Å². The molecule has 0 spiro atoms. The molecule has 0 unspecified atom stereocenters. The van der Waals surface area contributed by atoms with E-state index in [1.165, 1.54) is 21.5 Å². The number of aromatic amines is 1. The predicted octanol–water partition coefficient (Wildman–Crippen LogP) is 5.68. The van der Waals surface area contributed by atoms with Crippen LogP contribution in [0, 0.1) is 5.82 Å². The highest BCUT2D eigenvalue weighted by Gasteiger charge is 2.36. The zero-order valence-electron chi connectivity index (χ0n) is 22.6. The van der Waals surface area contributed by atoms with E-state index in [0.717, 1.165) is 12.5 Å². The van der Waals surface area contributed by atoms with Crippen molar-refractivity contribution in [2.45, 2.75) is 38.9 Å². The summed E-state index contributed by atoms with van der Waals surface area (Å²) in [5.74, 6) is -0.181. The zero-order valence-corrected chi connectivity index (χ0v) is 23.4. The van der Waals surface area contributed by atoms with Crippen LogP contribution in [-0.2, 0) is 12.7 Å². The number of fused-ring (bicyclic) bond motifs is 1. The molecule has 0 atom stereocenters. The van der Waals surface area contributed by atoms with Crippen LogP contribution in [0.15, 0.2) is 59.5 Å². The van der Waals surface area contributed by atoms with E-state index < -0.39 is 17.6 Å². The molecular formula is C29H25F4N7OS. The smallest absolute Gasteiger partial charge is 0.361 e. The Kier molecular flexibility index (Phi) is 6.92. The number of nitrogens with one attached hydrogen (secondary N) is 1. The normalized spacial score (nSPS) is 13.6. The second-order valence-electron chi connectivity index (χ2n) is 10.4. The van der Waals surface area contributed by atoms with Gasteiger partial charge in [-0.3, -0.25) is 4.57 Å². The van der Waals surface area contributed by atoms with Gasteiger partial charge in [0.15, 0.2) is 17.2 Å². The van der Waals surface area contributed by atoms with E-state index in [4.69, 9.17) is 12.2 Å². The van der Waals surface area contributed by atoms with E-state index in [0.29, 0.717) is 57.4 Å². The van der Waals surface area contributed by atoms with Gasteiger partial charge in [0, 0.05) is 24.2 Å². The van der Waals surface area contributed by atoms with E-state index >= 15 is 0 Å². The van der Waals surface area contributed by atoms with Gasteiger partial charge in [-0.25, -0.2) is 23.8 Å². The van der Waals surface area contributed by atoms with Crippen LogP contribution in [0.1, 0.15) is 48.7 Å². The fraction of sp³-hybridized carbons (Fsp3) is 0.276. The minimum Gasteiger partial charge on any atom is -0.361 e. The standard InChI is InChI=1S/C29H25F4N7OS/c1-16(2)24-19(5-3-6-20(24)30)25-34-14-21-26(36-25)39(28(41)35-21)15-17-7-9-18(10-8-17)40-22(27(42)38-11-4-12-38)13-23(37-40)29(31,32)33/h3,5-10,13-14,16H,4,11-12,15H2,1-2H3,(H,35,41). The third kappa shape index (κ3) is 4.97. The van der Waals surface area contributed by atoms with Gasteiger partial charge in [-0.15, -0.1) is 0 Å². The minimum atomic E-state index is -4.62. The van der Waals surface area contributed by atoms with Gasteiger partial charge in [0.25, 0.3) is 0 Å². The van der Waals surface area contributed by atoms with Crippen molar-refractivity contribution in [3.8, 4) is 17.1 Å². The number of benzene rings is 2. The third-order valence-corrected chi connectivity index (χ3v) is 7.73. The third-order valence-electron chi connectivity index (χ3n) is 7.27. The zero-order chi connectivity index (χ0) is 29.8.